The summed E-state index contributed by atoms with van der Waals surface area (Å²) in [5, 5.41) is 2.86. The van der Waals surface area contributed by atoms with E-state index in [2.05, 4.69) is 20.9 Å². The Morgan fingerprint density at radius 3 is 2.64 bits per heavy atom. The maximum Gasteiger partial charge on any atom is 0.358 e. The number of thiazole rings is 1. The molecule has 0 radical (unpaired) electrons. The van der Waals surface area contributed by atoms with E-state index in [1.165, 1.54) is 11.3 Å². The first kappa shape index (κ1) is 17.8. The minimum absolute atomic E-state index is 0.170. The SMILES string of the molecule is O=C(COC(=O)c1csc(-c2cccc(Cl)c2)n1)c1ccc(Br)cc1. The Kier molecular flexibility index (Phi) is 5.63. The zero-order valence-corrected chi connectivity index (χ0v) is 15.9. The molecule has 25 heavy (non-hydrogen) atoms. The van der Waals surface area contributed by atoms with Crippen molar-refractivity contribution in [1.82, 2.24) is 4.98 Å². The molecule has 0 spiro atoms. The zero-order valence-electron chi connectivity index (χ0n) is 12.7. The summed E-state index contributed by atoms with van der Waals surface area (Å²) in [7, 11) is 0. The normalized spacial score (nSPS) is 10.5. The number of esters is 1. The average Bonchev–Trinajstić information content (AvgIpc) is 3.10. The summed E-state index contributed by atoms with van der Waals surface area (Å²) in [6, 6.07) is 14.1. The third kappa shape index (κ3) is 4.54. The van der Waals surface area contributed by atoms with Crippen molar-refractivity contribution in [3.05, 3.63) is 74.7 Å². The molecule has 2 aromatic carbocycles. The maximum atomic E-state index is 12.1. The molecule has 126 valence electrons. The summed E-state index contributed by atoms with van der Waals surface area (Å²) in [6.07, 6.45) is 0. The van der Waals surface area contributed by atoms with Gasteiger partial charge >= 0.3 is 5.97 Å². The molecule has 4 nitrogen and oxygen atoms in total. The van der Waals surface area contributed by atoms with Crippen LogP contribution in [0.25, 0.3) is 10.6 Å². The lowest BCUT2D eigenvalue weighted by Crippen LogP contribution is -2.14. The van der Waals surface area contributed by atoms with Crippen molar-refractivity contribution in [2.24, 2.45) is 0 Å². The molecule has 3 aromatic rings. The third-order valence-electron chi connectivity index (χ3n) is 3.29. The van der Waals surface area contributed by atoms with Gasteiger partial charge in [-0.05, 0) is 24.3 Å². The highest BCUT2D eigenvalue weighted by Gasteiger charge is 2.16. The van der Waals surface area contributed by atoms with Crippen LogP contribution in [0.2, 0.25) is 5.02 Å². The number of carbonyl (C=O) groups is 2. The fourth-order valence-corrected chi connectivity index (χ4v) is 3.29. The van der Waals surface area contributed by atoms with Gasteiger partial charge < -0.3 is 4.74 Å². The minimum atomic E-state index is -0.630. The number of nitrogens with zero attached hydrogens (tertiary/aromatic N) is 1. The van der Waals surface area contributed by atoms with Gasteiger partial charge in [-0.2, -0.15) is 0 Å². The first-order valence-corrected chi connectivity index (χ1v) is 9.25. The number of hydrogen-bond acceptors (Lipinski definition) is 5. The summed E-state index contributed by atoms with van der Waals surface area (Å²) in [4.78, 5) is 28.4. The number of halogens is 2. The number of aromatic nitrogens is 1. The third-order valence-corrected chi connectivity index (χ3v) is 4.94. The molecule has 0 saturated carbocycles. The van der Waals surface area contributed by atoms with Gasteiger partial charge in [0.1, 0.15) is 5.01 Å². The molecule has 0 atom stereocenters. The predicted octanol–water partition coefficient (Wildman–Crippen LogP) is 5.27. The Labute approximate surface area is 161 Å². The molecule has 1 aromatic heterocycles. The van der Waals surface area contributed by atoms with Gasteiger partial charge in [0.2, 0.25) is 0 Å². The quantitative estimate of drug-likeness (QED) is 0.404. The number of Topliss-reactive ketones (excluding diaryl/α,β-unsaturated/α-hetero) is 1. The first-order valence-electron chi connectivity index (χ1n) is 7.20. The molecule has 0 fully saturated rings. The van der Waals surface area contributed by atoms with Crippen molar-refractivity contribution in [3.8, 4) is 10.6 Å². The average molecular weight is 437 g/mol. The molecule has 0 unspecified atom stereocenters. The molecule has 0 aliphatic rings. The van der Waals surface area contributed by atoms with Crippen molar-refractivity contribution in [3.63, 3.8) is 0 Å². The number of benzene rings is 2. The monoisotopic (exact) mass is 435 g/mol. The molecule has 0 N–H and O–H groups in total. The second-order valence-corrected chi connectivity index (χ2v) is 7.26. The van der Waals surface area contributed by atoms with Gasteiger partial charge in [-0.1, -0.05) is 51.8 Å². The fourth-order valence-electron chi connectivity index (χ4n) is 2.05. The van der Waals surface area contributed by atoms with Crippen molar-refractivity contribution >= 4 is 50.6 Å². The molecular formula is C18H11BrClNO3S. The molecule has 0 amide bonds. The van der Waals surface area contributed by atoms with Gasteiger partial charge in [0, 0.05) is 26.0 Å². The van der Waals surface area contributed by atoms with E-state index in [0.717, 1.165) is 10.0 Å². The molecule has 0 aliphatic carbocycles. The van der Waals surface area contributed by atoms with Gasteiger partial charge in [-0.15, -0.1) is 11.3 Å². The van der Waals surface area contributed by atoms with E-state index in [1.807, 2.05) is 12.1 Å². The number of hydrogen-bond donors (Lipinski definition) is 0. The Balaban J connectivity index is 1.64. The number of rotatable bonds is 5. The highest BCUT2D eigenvalue weighted by Crippen LogP contribution is 2.26. The van der Waals surface area contributed by atoms with Crippen LogP contribution < -0.4 is 0 Å². The van der Waals surface area contributed by atoms with Crippen LogP contribution in [0.1, 0.15) is 20.8 Å². The number of carbonyl (C=O) groups excluding carboxylic acids is 2. The lowest BCUT2D eigenvalue weighted by atomic mass is 10.1. The van der Waals surface area contributed by atoms with Crippen molar-refractivity contribution < 1.29 is 14.3 Å². The molecule has 3 rings (SSSR count). The zero-order chi connectivity index (χ0) is 17.8. The van der Waals surface area contributed by atoms with E-state index in [0.29, 0.717) is 15.6 Å². The Morgan fingerprint density at radius 2 is 1.92 bits per heavy atom. The van der Waals surface area contributed by atoms with Crippen LogP contribution in [0.3, 0.4) is 0 Å². The van der Waals surface area contributed by atoms with Crippen LogP contribution in [0.15, 0.2) is 58.4 Å². The van der Waals surface area contributed by atoms with E-state index >= 15 is 0 Å². The van der Waals surface area contributed by atoms with E-state index in [-0.39, 0.29) is 18.1 Å². The van der Waals surface area contributed by atoms with Crippen LogP contribution in [0.5, 0.6) is 0 Å². The van der Waals surface area contributed by atoms with Crippen molar-refractivity contribution in [2.45, 2.75) is 0 Å². The lowest BCUT2D eigenvalue weighted by molar-refractivity contribution is 0.0470. The van der Waals surface area contributed by atoms with Gasteiger partial charge in [-0.3, -0.25) is 4.79 Å². The largest absolute Gasteiger partial charge is 0.453 e. The van der Waals surface area contributed by atoms with Gasteiger partial charge in [-0.25, -0.2) is 9.78 Å². The van der Waals surface area contributed by atoms with Crippen LogP contribution >= 0.6 is 38.9 Å². The highest BCUT2D eigenvalue weighted by atomic mass is 79.9. The second-order valence-electron chi connectivity index (χ2n) is 5.05. The minimum Gasteiger partial charge on any atom is -0.453 e. The van der Waals surface area contributed by atoms with E-state index in [9.17, 15) is 9.59 Å². The Morgan fingerprint density at radius 1 is 1.16 bits per heavy atom. The van der Waals surface area contributed by atoms with Gasteiger partial charge in [0.05, 0.1) is 0 Å². The van der Waals surface area contributed by atoms with Crippen LogP contribution in [-0.2, 0) is 4.74 Å². The molecular weight excluding hydrogens is 426 g/mol. The van der Waals surface area contributed by atoms with Crippen molar-refractivity contribution in [2.75, 3.05) is 6.61 Å². The Hall–Kier alpha value is -2.02. The van der Waals surface area contributed by atoms with E-state index < -0.39 is 5.97 Å². The predicted molar refractivity (Wildman–Crippen MR) is 101 cm³/mol. The summed E-state index contributed by atoms with van der Waals surface area (Å²) in [6.45, 7) is -0.329. The number of ketones is 1. The van der Waals surface area contributed by atoms with Crippen LogP contribution in [-0.4, -0.2) is 23.3 Å². The number of ether oxygens (including phenoxy) is 1. The molecule has 7 heteroatoms. The maximum absolute atomic E-state index is 12.1. The van der Waals surface area contributed by atoms with Gasteiger partial charge in [0.15, 0.2) is 18.1 Å². The summed E-state index contributed by atoms with van der Waals surface area (Å²) < 4.78 is 5.94. The Bertz CT molecular complexity index is 924. The smallest absolute Gasteiger partial charge is 0.358 e. The van der Waals surface area contributed by atoms with Crippen molar-refractivity contribution in [1.29, 1.82) is 0 Å². The molecule has 0 saturated heterocycles. The van der Waals surface area contributed by atoms with E-state index in [4.69, 9.17) is 16.3 Å². The van der Waals surface area contributed by atoms with E-state index in [1.54, 1.807) is 41.8 Å². The summed E-state index contributed by atoms with van der Waals surface area (Å²) in [5.74, 6) is -0.902. The van der Waals surface area contributed by atoms with Gasteiger partial charge in [0.25, 0.3) is 0 Å². The standard InChI is InChI=1S/C18H11BrClNO3S/c19-13-6-4-11(5-7-13)16(22)9-24-18(23)15-10-25-17(21-15)12-2-1-3-14(20)8-12/h1-8,10H,9H2. The van der Waals surface area contributed by atoms with Crippen LogP contribution in [0.4, 0.5) is 0 Å². The first-order chi connectivity index (χ1) is 12.0. The topological polar surface area (TPSA) is 56.3 Å². The molecule has 0 aliphatic heterocycles. The highest BCUT2D eigenvalue weighted by molar-refractivity contribution is 9.10. The molecule has 0 bridgehead atoms. The lowest BCUT2D eigenvalue weighted by Gasteiger charge is -2.03. The summed E-state index contributed by atoms with van der Waals surface area (Å²) >= 11 is 10.6. The second kappa shape index (κ2) is 7.91. The summed E-state index contributed by atoms with van der Waals surface area (Å²) in [5.41, 5.74) is 1.47. The fraction of sp³-hybridized carbons (Fsp3) is 0.0556. The van der Waals surface area contributed by atoms with Crippen LogP contribution in [0, 0.1) is 0 Å². The molecule has 1 heterocycles.